The van der Waals surface area contributed by atoms with Crippen LogP contribution >= 0.6 is 11.8 Å². The van der Waals surface area contributed by atoms with E-state index in [0.29, 0.717) is 39.3 Å². The Bertz CT molecular complexity index is 1210. The highest BCUT2D eigenvalue weighted by molar-refractivity contribution is 8.15. The SMILES string of the molecule is C#Cc1cc(O)cc(C(=Nc2ccc(-c3noc(C)n3)cc2)/C(=N/C(=O)OC)SC)c1. The predicted octanol–water partition coefficient (Wildman–Crippen LogP) is 4.38. The van der Waals surface area contributed by atoms with Crippen molar-refractivity contribution in [3.8, 4) is 29.5 Å². The number of carbonyl (C=O) groups excluding carboxylic acids is 1. The van der Waals surface area contributed by atoms with E-state index < -0.39 is 6.09 Å². The second kappa shape index (κ2) is 9.73. The molecule has 1 heterocycles. The van der Waals surface area contributed by atoms with E-state index in [4.69, 9.17) is 10.9 Å². The topological polar surface area (TPSA) is 110 Å². The van der Waals surface area contributed by atoms with Gasteiger partial charge in [-0.2, -0.15) is 9.98 Å². The lowest BCUT2D eigenvalue weighted by molar-refractivity contribution is 0.183. The Balaban J connectivity index is 2.10. The number of methoxy groups -OCH3 is 1. The van der Waals surface area contributed by atoms with Crippen LogP contribution in [0.2, 0.25) is 0 Å². The van der Waals surface area contributed by atoms with Crippen LogP contribution in [-0.4, -0.2) is 45.5 Å². The van der Waals surface area contributed by atoms with Gasteiger partial charge in [-0.3, -0.25) is 0 Å². The van der Waals surface area contributed by atoms with Gasteiger partial charge in [0.1, 0.15) is 16.5 Å². The molecular weight excluding hydrogens is 416 g/mol. The molecule has 3 rings (SSSR count). The molecule has 2 aromatic carbocycles. The van der Waals surface area contributed by atoms with E-state index in [1.54, 1.807) is 43.5 Å². The molecular formula is C22H18N4O4S. The van der Waals surface area contributed by atoms with E-state index in [9.17, 15) is 9.90 Å². The number of rotatable bonds is 4. The molecule has 0 aliphatic heterocycles. The zero-order valence-electron chi connectivity index (χ0n) is 17.0. The van der Waals surface area contributed by atoms with Gasteiger partial charge in [-0.25, -0.2) is 9.79 Å². The lowest BCUT2D eigenvalue weighted by Crippen LogP contribution is -2.14. The number of aliphatic imine (C=N–C) groups is 2. The molecule has 1 amide bonds. The molecule has 0 spiro atoms. The predicted molar refractivity (Wildman–Crippen MR) is 120 cm³/mol. The maximum Gasteiger partial charge on any atom is 0.434 e. The first kappa shape index (κ1) is 21.8. The minimum Gasteiger partial charge on any atom is -0.508 e. The minimum atomic E-state index is -0.766. The van der Waals surface area contributed by atoms with E-state index in [0.717, 1.165) is 5.56 Å². The average molecular weight is 434 g/mol. The van der Waals surface area contributed by atoms with Gasteiger partial charge in [-0.05, 0) is 48.7 Å². The van der Waals surface area contributed by atoms with Crippen LogP contribution in [0.5, 0.6) is 5.75 Å². The molecule has 0 aliphatic carbocycles. The third-order valence-electron chi connectivity index (χ3n) is 4.02. The third kappa shape index (κ3) is 5.38. The number of carbonyl (C=O) groups is 1. The Labute approximate surface area is 183 Å². The summed E-state index contributed by atoms with van der Waals surface area (Å²) >= 11 is 1.21. The van der Waals surface area contributed by atoms with E-state index in [1.807, 2.05) is 0 Å². The molecule has 0 unspecified atom stereocenters. The number of aromatic nitrogens is 2. The van der Waals surface area contributed by atoms with Crippen molar-refractivity contribution in [2.75, 3.05) is 13.4 Å². The molecule has 1 N–H and O–H groups in total. The Morgan fingerprint density at radius 2 is 2.00 bits per heavy atom. The molecule has 0 saturated heterocycles. The van der Waals surface area contributed by atoms with Gasteiger partial charge in [-0.15, -0.1) is 18.2 Å². The first-order chi connectivity index (χ1) is 14.9. The summed E-state index contributed by atoms with van der Waals surface area (Å²) in [7, 11) is 1.24. The van der Waals surface area contributed by atoms with Gasteiger partial charge < -0.3 is 14.4 Å². The van der Waals surface area contributed by atoms with E-state index in [1.165, 1.54) is 31.0 Å². The fraction of sp³-hybridized carbons (Fsp3) is 0.136. The van der Waals surface area contributed by atoms with E-state index >= 15 is 0 Å². The summed E-state index contributed by atoms with van der Waals surface area (Å²) in [6.07, 6.45) is 6.48. The number of hydrogen-bond donors (Lipinski definition) is 1. The lowest BCUT2D eigenvalue weighted by Gasteiger charge is -2.10. The zero-order chi connectivity index (χ0) is 22.4. The van der Waals surface area contributed by atoms with Crippen molar-refractivity contribution in [1.82, 2.24) is 10.1 Å². The highest BCUT2D eigenvalue weighted by atomic mass is 32.2. The fourth-order valence-electron chi connectivity index (χ4n) is 2.62. The van der Waals surface area contributed by atoms with Crippen LogP contribution in [0.3, 0.4) is 0 Å². The number of phenolic OH excluding ortho intramolecular Hbond substituents is 1. The van der Waals surface area contributed by atoms with Crippen molar-refractivity contribution in [1.29, 1.82) is 0 Å². The Morgan fingerprint density at radius 1 is 1.26 bits per heavy atom. The first-order valence-corrected chi connectivity index (χ1v) is 10.2. The fourth-order valence-corrected chi connectivity index (χ4v) is 3.14. The average Bonchev–Trinajstić information content (AvgIpc) is 3.22. The zero-order valence-corrected chi connectivity index (χ0v) is 17.8. The smallest absolute Gasteiger partial charge is 0.434 e. The second-order valence-electron chi connectivity index (χ2n) is 6.15. The summed E-state index contributed by atoms with van der Waals surface area (Å²) in [5, 5.41) is 14.3. The summed E-state index contributed by atoms with van der Waals surface area (Å²) in [6, 6.07) is 11.8. The molecule has 31 heavy (non-hydrogen) atoms. The van der Waals surface area contributed by atoms with Crippen LogP contribution in [0.15, 0.2) is 57.0 Å². The Hall–Kier alpha value is -3.90. The number of benzene rings is 2. The second-order valence-corrected chi connectivity index (χ2v) is 6.94. The van der Waals surface area contributed by atoms with Crippen molar-refractivity contribution in [2.45, 2.75) is 6.92 Å². The summed E-state index contributed by atoms with van der Waals surface area (Å²) in [6.45, 7) is 1.71. The number of aromatic hydroxyl groups is 1. The van der Waals surface area contributed by atoms with Gasteiger partial charge in [0.05, 0.1) is 12.8 Å². The van der Waals surface area contributed by atoms with E-state index in [-0.39, 0.29) is 5.75 Å². The van der Waals surface area contributed by atoms with Crippen molar-refractivity contribution in [3.63, 3.8) is 0 Å². The highest BCUT2D eigenvalue weighted by Crippen LogP contribution is 2.24. The Kier molecular flexibility index (Phi) is 6.85. The standard InChI is InChI=1S/C22H18N4O4S/c1-5-14-10-16(12-18(27)11-14)19(21(31-4)25-22(28)29-3)24-17-8-6-15(7-9-17)20-23-13(2)30-26-20/h1,6-12,27H,2-4H3/b24-19?,25-21-. The van der Waals surface area contributed by atoms with Crippen molar-refractivity contribution < 1.29 is 19.2 Å². The summed E-state index contributed by atoms with van der Waals surface area (Å²) in [5.41, 5.74) is 2.66. The van der Waals surface area contributed by atoms with Crippen LogP contribution in [0.1, 0.15) is 17.0 Å². The van der Waals surface area contributed by atoms with Crippen LogP contribution in [-0.2, 0) is 4.74 Å². The molecule has 8 nitrogen and oxygen atoms in total. The summed E-state index contributed by atoms with van der Waals surface area (Å²) < 4.78 is 9.66. The summed E-state index contributed by atoms with van der Waals surface area (Å²) in [4.78, 5) is 24.6. The Morgan fingerprint density at radius 3 is 2.58 bits per heavy atom. The maximum absolute atomic E-state index is 11.8. The molecule has 0 radical (unpaired) electrons. The first-order valence-electron chi connectivity index (χ1n) is 8.95. The number of terminal acetylenes is 1. The molecule has 0 saturated carbocycles. The minimum absolute atomic E-state index is 0.0282. The van der Waals surface area contributed by atoms with Gasteiger partial charge in [0.15, 0.2) is 0 Å². The number of hydrogen-bond acceptors (Lipinski definition) is 8. The molecule has 156 valence electrons. The maximum atomic E-state index is 11.8. The van der Waals surface area contributed by atoms with E-state index in [2.05, 4.69) is 30.8 Å². The monoisotopic (exact) mass is 434 g/mol. The number of thioether (sulfide) groups is 1. The van der Waals surface area contributed by atoms with Crippen molar-refractivity contribution >= 4 is 34.3 Å². The molecule has 3 aromatic rings. The normalized spacial score (nSPS) is 11.8. The number of amides is 1. The third-order valence-corrected chi connectivity index (χ3v) is 4.69. The van der Waals surface area contributed by atoms with Crippen LogP contribution in [0.25, 0.3) is 11.4 Å². The van der Waals surface area contributed by atoms with Crippen molar-refractivity contribution in [3.05, 3.63) is 59.5 Å². The van der Waals surface area contributed by atoms with Gasteiger partial charge in [0, 0.05) is 23.6 Å². The van der Waals surface area contributed by atoms with Gasteiger partial charge in [-0.1, -0.05) is 11.1 Å². The summed E-state index contributed by atoms with van der Waals surface area (Å²) in [5.74, 6) is 3.40. The lowest BCUT2D eigenvalue weighted by atomic mass is 10.1. The van der Waals surface area contributed by atoms with Gasteiger partial charge in [0.2, 0.25) is 11.7 Å². The number of phenols is 1. The number of ether oxygens (including phenoxy) is 1. The van der Waals surface area contributed by atoms with Gasteiger partial charge >= 0.3 is 6.09 Å². The molecule has 0 aliphatic rings. The van der Waals surface area contributed by atoms with Crippen molar-refractivity contribution in [2.24, 2.45) is 9.98 Å². The van der Waals surface area contributed by atoms with Gasteiger partial charge in [0.25, 0.3) is 0 Å². The highest BCUT2D eigenvalue weighted by Gasteiger charge is 2.16. The number of nitrogens with zero attached hydrogens (tertiary/aromatic N) is 4. The molecule has 0 atom stereocenters. The van der Waals surface area contributed by atoms with Crippen LogP contribution in [0.4, 0.5) is 10.5 Å². The quantitative estimate of drug-likeness (QED) is 0.368. The molecule has 0 fully saturated rings. The largest absolute Gasteiger partial charge is 0.508 e. The van der Waals surface area contributed by atoms with Crippen LogP contribution in [0, 0.1) is 19.3 Å². The number of aryl methyl sites for hydroxylation is 1. The molecule has 1 aromatic heterocycles. The molecule has 9 heteroatoms. The van der Waals surface area contributed by atoms with Crippen LogP contribution < -0.4 is 0 Å². The molecule has 0 bridgehead atoms.